The van der Waals surface area contributed by atoms with Crippen LogP contribution >= 0.6 is 0 Å². The Hall–Kier alpha value is -2.18. The molecule has 0 aliphatic rings. The Bertz CT molecular complexity index is 732. The van der Waals surface area contributed by atoms with Crippen molar-refractivity contribution in [1.29, 1.82) is 0 Å². The predicted octanol–water partition coefficient (Wildman–Crippen LogP) is 2.44. The van der Waals surface area contributed by atoms with Crippen LogP contribution in [0, 0.1) is 6.92 Å². The molecule has 3 rings (SSSR count). The van der Waals surface area contributed by atoms with E-state index in [4.69, 9.17) is 19.4 Å². The first-order valence-electron chi connectivity index (χ1n) is 6.26. The Morgan fingerprint density at radius 1 is 1.35 bits per heavy atom. The summed E-state index contributed by atoms with van der Waals surface area (Å²) in [4.78, 5) is 4.24. The van der Waals surface area contributed by atoms with Crippen LogP contribution < -0.4 is 5.73 Å². The molecule has 2 heterocycles. The summed E-state index contributed by atoms with van der Waals surface area (Å²) < 4.78 is 15.8. The number of fused-ring (bicyclic) bond motifs is 1. The molecule has 1 aromatic carbocycles. The topological polar surface area (TPSA) is 87.3 Å². The van der Waals surface area contributed by atoms with E-state index in [1.165, 1.54) is 0 Å². The van der Waals surface area contributed by atoms with E-state index in [2.05, 4.69) is 10.1 Å². The monoisotopic (exact) mass is 273 g/mol. The highest BCUT2D eigenvalue weighted by Crippen LogP contribution is 2.27. The maximum Gasteiger partial charge on any atom is 0.293 e. The molecule has 20 heavy (non-hydrogen) atoms. The molecular formula is C14H15N3O3. The van der Waals surface area contributed by atoms with Gasteiger partial charge in [-0.05, 0) is 25.1 Å². The fourth-order valence-corrected chi connectivity index (χ4v) is 2.01. The lowest BCUT2D eigenvalue weighted by atomic mass is 10.2. The normalized spacial score (nSPS) is 12.9. The van der Waals surface area contributed by atoms with Crippen molar-refractivity contribution in [3.05, 3.63) is 35.7 Å². The molecule has 0 aliphatic heterocycles. The second-order valence-electron chi connectivity index (χ2n) is 4.67. The third-order valence-electron chi connectivity index (χ3n) is 3.00. The second kappa shape index (κ2) is 5.07. The van der Waals surface area contributed by atoms with Crippen LogP contribution in [0.15, 0.2) is 33.2 Å². The summed E-state index contributed by atoms with van der Waals surface area (Å²) in [5.74, 6) is 1.26. The van der Waals surface area contributed by atoms with Crippen LogP contribution in [0.3, 0.4) is 0 Å². The van der Waals surface area contributed by atoms with Crippen LogP contribution in [0.4, 0.5) is 0 Å². The van der Waals surface area contributed by atoms with Crippen LogP contribution in [0.1, 0.15) is 17.4 Å². The standard InChI is InChI=1S/C14H15N3O3/c1-8-3-4-11-9(5-8)6-12(19-11)14-16-13(17-20-14)10(15)7-18-2/h3-6,10H,7,15H2,1-2H3. The zero-order chi connectivity index (χ0) is 14.1. The molecule has 2 aromatic heterocycles. The molecule has 0 amide bonds. The number of benzene rings is 1. The highest BCUT2D eigenvalue weighted by molar-refractivity contribution is 5.82. The van der Waals surface area contributed by atoms with Crippen molar-refractivity contribution in [3.63, 3.8) is 0 Å². The van der Waals surface area contributed by atoms with Gasteiger partial charge < -0.3 is 19.4 Å². The third-order valence-corrected chi connectivity index (χ3v) is 3.00. The lowest BCUT2D eigenvalue weighted by Crippen LogP contribution is -2.17. The zero-order valence-electron chi connectivity index (χ0n) is 11.3. The molecule has 3 aromatic rings. The number of methoxy groups -OCH3 is 1. The molecule has 6 nitrogen and oxygen atoms in total. The third kappa shape index (κ3) is 2.31. The Balaban J connectivity index is 1.94. The summed E-state index contributed by atoms with van der Waals surface area (Å²) in [5, 5.41) is 4.85. The van der Waals surface area contributed by atoms with E-state index in [0.29, 0.717) is 24.1 Å². The molecule has 6 heteroatoms. The average Bonchev–Trinajstić information content (AvgIpc) is 3.04. The molecule has 0 spiro atoms. The summed E-state index contributed by atoms with van der Waals surface area (Å²) in [6.07, 6.45) is 0. The van der Waals surface area contributed by atoms with E-state index in [-0.39, 0.29) is 0 Å². The summed E-state index contributed by atoms with van der Waals surface area (Å²) >= 11 is 0. The molecule has 0 bridgehead atoms. The van der Waals surface area contributed by atoms with E-state index in [1.54, 1.807) is 7.11 Å². The summed E-state index contributed by atoms with van der Waals surface area (Å²) in [5.41, 5.74) is 7.80. The largest absolute Gasteiger partial charge is 0.451 e. The lowest BCUT2D eigenvalue weighted by molar-refractivity contribution is 0.177. The molecule has 2 N–H and O–H groups in total. The highest BCUT2D eigenvalue weighted by Gasteiger charge is 2.17. The summed E-state index contributed by atoms with van der Waals surface area (Å²) in [6.45, 7) is 2.36. The van der Waals surface area contributed by atoms with Gasteiger partial charge in [0.2, 0.25) is 0 Å². The quantitative estimate of drug-likeness (QED) is 0.785. The van der Waals surface area contributed by atoms with Crippen molar-refractivity contribution in [1.82, 2.24) is 10.1 Å². The van der Waals surface area contributed by atoms with Crippen LogP contribution in [0.25, 0.3) is 22.6 Å². The van der Waals surface area contributed by atoms with Crippen LogP contribution in [-0.2, 0) is 4.74 Å². The van der Waals surface area contributed by atoms with Gasteiger partial charge in [0.15, 0.2) is 11.6 Å². The molecule has 1 unspecified atom stereocenters. The van der Waals surface area contributed by atoms with Gasteiger partial charge in [0, 0.05) is 12.5 Å². The van der Waals surface area contributed by atoms with E-state index < -0.39 is 6.04 Å². The van der Waals surface area contributed by atoms with Crippen molar-refractivity contribution >= 4 is 11.0 Å². The minimum Gasteiger partial charge on any atom is -0.451 e. The van der Waals surface area contributed by atoms with Gasteiger partial charge in [-0.15, -0.1) is 0 Å². The number of hydrogen-bond acceptors (Lipinski definition) is 6. The van der Waals surface area contributed by atoms with Gasteiger partial charge in [-0.1, -0.05) is 16.8 Å². The highest BCUT2D eigenvalue weighted by atomic mass is 16.5. The van der Waals surface area contributed by atoms with Gasteiger partial charge in [0.05, 0.1) is 12.6 Å². The van der Waals surface area contributed by atoms with Crippen molar-refractivity contribution in [2.45, 2.75) is 13.0 Å². The predicted molar refractivity (Wildman–Crippen MR) is 73.0 cm³/mol. The van der Waals surface area contributed by atoms with Crippen LogP contribution in [0.2, 0.25) is 0 Å². The molecule has 104 valence electrons. The van der Waals surface area contributed by atoms with Crippen molar-refractivity contribution in [2.24, 2.45) is 5.73 Å². The number of aryl methyl sites for hydroxylation is 1. The number of furan rings is 1. The van der Waals surface area contributed by atoms with Gasteiger partial charge in [-0.25, -0.2) is 0 Å². The Labute approximate surface area is 115 Å². The fraction of sp³-hybridized carbons (Fsp3) is 0.286. The van der Waals surface area contributed by atoms with Gasteiger partial charge in [-0.2, -0.15) is 4.98 Å². The number of aromatic nitrogens is 2. The first kappa shape index (κ1) is 12.8. The zero-order valence-corrected chi connectivity index (χ0v) is 11.3. The van der Waals surface area contributed by atoms with Gasteiger partial charge in [0.1, 0.15) is 5.58 Å². The Kier molecular flexibility index (Phi) is 3.25. The number of nitrogens with two attached hydrogens (primary N) is 1. The fourth-order valence-electron chi connectivity index (χ4n) is 2.01. The maximum absolute atomic E-state index is 5.85. The summed E-state index contributed by atoms with van der Waals surface area (Å²) in [7, 11) is 1.57. The number of nitrogens with zero attached hydrogens (tertiary/aromatic N) is 2. The number of ether oxygens (including phenoxy) is 1. The van der Waals surface area contributed by atoms with Gasteiger partial charge in [-0.3, -0.25) is 0 Å². The molecule has 0 fully saturated rings. The Morgan fingerprint density at radius 3 is 3.00 bits per heavy atom. The molecule has 0 saturated heterocycles. The number of rotatable bonds is 4. The smallest absolute Gasteiger partial charge is 0.293 e. The van der Waals surface area contributed by atoms with Crippen LogP contribution in [0.5, 0.6) is 0 Å². The minimum atomic E-state index is -0.413. The molecule has 0 radical (unpaired) electrons. The summed E-state index contributed by atoms with van der Waals surface area (Å²) in [6, 6.07) is 7.41. The van der Waals surface area contributed by atoms with Crippen LogP contribution in [-0.4, -0.2) is 23.9 Å². The van der Waals surface area contributed by atoms with E-state index >= 15 is 0 Å². The van der Waals surface area contributed by atoms with Gasteiger partial charge >= 0.3 is 0 Å². The molecule has 1 atom stereocenters. The van der Waals surface area contributed by atoms with E-state index in [1.807, 2.05) is 31.2 Å². The minimum absolute atomic E-state index is 0.320. The van der Waals surface area contributed by atoms with Crippen molar-refractivity contribution in [2.75, 3.05) is 13.7 Å². The second-order valence-corrected chi connectivity index (χ2v) is 4.67. The van der Waals surface area contributed by atoms with Crippen molar-refractivity contribution < 1.29 is 13.7 Å². The maximum atomic E-state index is 5.85. The SMILES string of the molecule is COCC(N)c1noc(-c2cc3cc(C)ccc3o2)n1. The molecule has 0 aliphatic carbocycles. The molecular weight excluding hydrogens is 258 g/mol. The first-order chi connectivity index (χ1) is 9.67. The van der Waals surface area contributed by atoms with Gasteiger partial charge in [0.25, 0.3) is 5.89 Å². The first-order valence-corrected chi connectivity index (χ1v) is 6.26. The lowest BCUT2D eigenvalue weighted by Gasteiger charge is -2.02. The molecule has 0 saturated carbocycles. The average molecular weight is 273 g/mol. The van der Waals surface area contributed by atoms with Crippen molar-refractivity contribution in [3.8, 4) is 11.7 Å². The van der Waals surface area contributed by atoms with E-state index in [9.17, 15) is 0 Å². The Morgan fingerprint density at radius 2 is 2.20 bits per heavy atom. The van der Waals surface area contributed by atoms with E-state index in [0.717, 1.165) is 16.5 Å². The number of hydrogen-bond donors (Lipinski definition) is 1.